The number of likely N-dealkylation sites (N-methyl/N-ethyl adjacent to an activating group) is 1. The highest BCUT2D eigenvalue weighted by Crippen LogP contribution is 2.16. The number of carbonyl (C=O) groups is 2. The van der Waals surface area contributed by atoms with Gasteiger partial charge in [0.25, 0.3) is 0 Å². The fourth-order valence-corrected chi connectivity index (χ4v) is 1.65. The Kier molecular flexibility index (Phi) is 2.87. The molecule has 13 heavy (non-hydrogen) atoms. The number of likely N-dealkylation sites (tertiary alicyclic amines) is 1. The molecule has 0 aromatic carbocycles. The molecule has 1 saturated heterocycles. The molecule has 0 aromatic rings. The zero-order valence-corrected chi connectivity index (χ0v) is 7.91. The van der Waals surface area contributed by atoms with Crippen LogP contribution in [0.4, 0.5) is 0 Å². The molecule has 1 fully saturated rings. The van der Waals surface area contributed by atoms with Gasteiger partial charge in [0.1, 0.15) is 6.04 Å². The Morgan fingerprint density at radius 1 is 1.54 bits per heavy atom. The molecule has 2 amide bonds. The van der Waals surface area contributed by atoms with Crippen LogP contribution in [0.15, 0.2) is 0 Å². The van der Waals surface area contributed by atoms with Gasteiger partial charge in [-0.2, -0.15) is 0 Å². The summed E-state index contributed by atoms with van der Waals surface area (Å²) in [4.78, 5) is 24.0. The van der Waals surface area contributed by atoms with Crippen LogP contribution in [0.1, 0.15) is 13.3 Å². The molecule has 74 valence electrons. The van der Waals surface area contributed by atoms with Gasteiger partial charge in [-0.3, -0.25) is 9.59 Å². The Morgan fingerprint density at radius 2 is 2.15 bits per heavy atom. The molecule has 0 spiro atoms. The summed E-state index contributed by atoms with van der Waals surface area (Å²) >= 11 is 0. The van der Waals surface area contributed by atoms with Crippen molar-refractivity contribution in [1.29, 1.82) is 0 Å². The fourth-order valence-electron chi connectivity index (χ4n) is 1.65. The van der Waals surface area contributed by atoms with Crippen molar-refractivity contribution in [1.82, 2.24) is 10.2 Å². The molecular weight excluding hydrogens is 170 g/mol. The van der Waals surface area contributed by atoms with E-state index in [0.29, 0.717) is 13.0 Å². The molecular formula is C8H15N3O2. The lowest BCUT2D eigenvalue weighted by Crippen LogP contribution is -2.51. The molecule has 0 saturated carbocycles. The minimum atomic E-state index is -0.484. The van der Waals surface area contributed by atoms with Gasteiger partial charge in [-0.05, 0) is 6.42 Å². The average Bonchev–Trinajstić information content (AvgIpc) is 2.46. The van der Waals surface area contributed by atoms with Crippen molar-refractivity contribution in [2.24, 2.45) is 5.73 Å². The van der Waals surface area contributed by atoms with Crippen molar-refractivity contribution < 1.29 is 9.59 Å². The largest absolute Gasteiger partial charge is 0.357 e. The van der Waals surface area contributed by atoms with Crippen LogP contribution in [0.5, 0.6) is 0 Å². The smallest absolute Gasteiger partial charge is 0.244 e. The van der Waals surface area contributed by atoms with E-state index in [2.05, 4.69) is 5.32 Å². The van der Waals surface area contributed by atoms with Crippen LogP contribution in [0, 0.1) is 0 Å². The second-order valence-electron chi connectivity index (χ2n) is 3.22. The van der Waals surface area contributed by atoms with Gasteiger partial charge in [-0.15, -0.1) is 0 Å². The van der Waals surface area contributed by atoms with E-state index in [1.165, 1.54) is 11.8 Å². The van der Waals surface area contributed by atoms with Crippen LogP contribution >= 0.6 is 0 Å². The Bertz CT molecular complexity index is 229. The third kappa shape index (κ3) is 1.80. The molecule has 3 N–H and O–H groups in total. The van der Waals surface area contributed by atoms with E-state index in [9.17, 15) is 9.59 Å². The maximum atomic E-state index is 11.4. The summed E-state index contributed by atoms with van der Waals surface area (Å²) in [6, 6.07) is -0.716. The molecule has 5 nitrogen and oxygen atoms in total. The SMILES string of the molecule is CNC(=O)[C@@H]1[C@H](N)CCN1C(C)=O. The first-order chi connectivity index (χ1) is 6.07. The van der Waals surface area contributed by atoms with E-state index < -0.39 is 6.04 Å². The lowest BCUT2D eigenvalue weighted by molar-refractivity contribution is -0.136. The standard InChI is InChI=1S/C8H15N3O2/c1-5(12)11-4-3-6(9)7(11)8(13)10-2/h6-7H,3-4,9H2,1-2H3,(H,10,13)/t6-,7+/m1/s1. The Labute approximate surface area is 77.3 Å². The molecule has 0 radical (unpaired) electrons. The molecule has 0 aliphatic carbocycles. The predicted molar refractivity (Wildman–Crippen MR) is 47.8 cm³/mol. The van der Waals surface area contributed by atoms with E-state index in [0.717, 1.165) is 0 Å². The Morgan fingerprint density at radius 3 is 2.62 bits per heavy atom. The number of nitrogens with zero attached hydrogens (tertiary/aromatic N) is 1. The van der Waals surface area contributed by atoms with Crippen LogP contribution in [0.3, 0.4) is 0 Å². The lowest BCUT2D eigenvalue weighted by atomic mass is 10.1. The van der Waals surface area contributed by atoms with Gasteiger partial charge in [-0.1, -0.05) is 0 Å². The monoisotopic (exact) mass is 185 g/mol. The summed E-state index contributed by atoms with van der Waals surface area (Å²) in [6.07, 6.45) is 0.692. The average molecular weight is 185 g/mol. The summed E-state index contributed by atoms with van der Waals surface area (Å²) in [5.41, 5.74) is 5.73. The maximum Gasteiger partial charge on any atom is 0.244 e. The molecule has 1 rings (SSSR count). The van der Waals surface area contributed by atoms with Gasteiger partial charge in [0.05, 0.1) is 0 Å². The highest BCUT2D eigenvalue weighted by atomic mass is 16.2. The Hall–Kier alpha value is -1.10. The van der Waals surface area contributed by atoms with Gasteiger partial charge < -0.3 is 16.0 Å². The lowest BCUT2D eigenvalue weighted by Gasteiger charge is -2.23. The van der Waals surface area contributed by atoms with Gasteiger partial charge in [-0.25, -0.2) is 0 Å². The quantitative estimate of drug-likeness (QED) is 0.532. The fraction of sp³-hybridized carbons (Fsp3) is 0.750. The van der Waals surface area contributed by atoms with Crippen molar-refractivity contribution in [3.05, 3.63) is 0 Å². The second kappa shape index (κ2) is 3.74. The van der Waals surface area contributed by atoms with Gasteiger partial charge in [0, 0.05) is 26.6 Å². The van der Waals surface area contributed by atoms with Crippen LogP contribution in [0.25, 0.3) is 0 Å². The molecule has 1 aliphatic heterocycles. The topological polar surface area (TPSA) is 75.4 Å². The summed E-state index contributed by atoms with van der Waals surface area (Å²) in [5.74, 6) is -0.276. The molecule has 5 heteroatoms. The van der Waals surface area contributed by atoms with Gasteiger partial charge in [0.15, 0.2) is 0 Å². The first-order valence-corrected chi connectivity index (χ1v) is 4.32. The van der Waals surface area contributed by atoms with Crippen molar-refractivity contribution >= 4 is 11.8 Å². The number of nitrogens with two attached hydrogens (primary N) is 1. The maximum absolute atomic E-state index is 11.4. The summed E-state index contributed by atoms with van der Waals surface area (Å²) in [7, 11) is 1.55. The van der Waals surface area contributed by atoms with E-state index in [1.54, 1.807) is 7.05 Å². The van der Waals surface area contributed by atoms with Crippen LogP contribution in [0.2, 0.25) is 0 Å². The molecule has 1 aliphatic rings. The third-order valence-corrected chi connectivity index (χ3v) is 2.36. The second-order valence-corrected chi connectivity index (χ2v) is 3.22. The molecule has 0 aromatic heterocycles. The number of carbonyl (C=O) groups excluding carboxylic acids is 2. The van der Waals surface area contributed by atoms with E-state index in [1.807, 2.05) is 0 Å². The van der Waals surface area contributed by atoms with Crippen LogP contribution in [-0.2, 0) is 9.59 Å². The van der Waals surface area contributed by atoms with E-state index in [-0.39, 0.29) is 17.9 Å². The highest BCUT2D eigenvalue weighted by Gasteiger charge is 2.37. The third-order valence-electron chi connectivity index (χ3n) is 2.36. The zero-order valence-electron chi connectivity index (χ0n) is 7.91. The first kappa shape index (κ1) is 9.98. The minimum absolute atomic E-state index is 0.0958. The van der Waals surface area contributed by atoms with Crippen molar-refractivity contribution in [3.63, 3.8) is 0 Å². The predicted octanol–water partition coefficient (Wildman–Crippen LogP) is -1.32. The number of amides is 2. The molecule has 0 bridgehead atoms. The van der Waals surface area contributed by atoms with E-state index in [4.69, 9.17) is 5.73 Å². The van der Waals surface area contributed by atoms with Crippen molar-refractivity contribution in [3.8, 4) is 0 Å². The summed E-state index contributed by atoms with van der Waals surface area (Å²) in [5, 5.41) is 2.51. The number of hydrogen-bond donors (Lipinski definition) is 2. The summed E-state index contributed by atoms with van der Waals surface area (Å²) < 4.78 is 0. The molecule has 2 atom stereocenters. The number of hydrogen-bond acceptors (Lipinski definition) is 3. The normalized spacial score (nSPS) is 27.5. The Balaban J connectivity index is 2.76. The first-order valence-electron chi connectivity index (χ1n) is 4.32. The number of rotatable bonds is 1. The molecule has 1 heterocycles. The van der Waals surface area contributed by atoms with Gasteiger partial charge >= 0.3 is 0 Å². The van der Waals surface area contributed by atoms with Crippen LogP contribution in [-0.4, -0.2) is 42.4 Å². The number of nitrogens with one attached hydrogen (secondary N) is 1. The van der Waals surface area contributed by atoms with Crippen molar-refractivity contribution in [2.45, 2.75) is 25.4 Å². The highest BCUT2D eigenvalue weighted by molar-refractivity contribution is 5.88. The summed E-state index contributed by atoms with van der Waals surface area (Å²) in [6.45, 7) is 2.03. The molecule has 0 unspecified atom stereocenters. The van der Waals surface area contributed by atoms with Crippen LogP contribution < -0.4 is 11.1 Å². The zero-order chi connectivity index (χ0) is 10.0. The van der Waals surface area contributed by atoms with Gasteiger partial charge in [0.2, 0.25) is 11.8 Å². The van der Waals surface area contributed by atoms with Crippen molar-refractivity contribution in [2.75, 3.05) is 13.6 Å². The van der Waals surface area contributed by atoms with E-state index >= 15 is 0 Å². The minimum Gasteiger partial charge on any atom is -0.357 e.